The van der Waals surface area contributed by atoms with Crippen molar-refractivity contribution in [3.8, 4) is 0 Å². The van der Waals surface area contributed by atoms with E-state index < -0.39 is 0 Å². The summed E-state index contributed by atoms with van der Waals surface area (Å²) in [7, 11) is 0. The lowest BCUT2D eigenvalue weighted by atomic mass is 10.1. The van der Waals surface area contributed by atoms with Crippen LogP contribution in [0.2, 0.25) is 0 Å². The summed E-state index contributed by atoms with van der Waals surface area (Å²) < 4.78 is 0. The molecule has 5 N–H and O–H groups in total. The van der Waals surface area contributed by atoms with Crippen LogP contribution < -0.4 is 16.8 Å². The van der Waals surface area contributed by atoms with Crippen LogP contribution in [0.15, 0.2) is 0 Å². The molecule has 5 heteroatoms. The standard InChI is InChI=1S/C9H20N4O/c10-4-5-12-8-2-1-6-13(7-3-8)9(11)14/h8,12H,1-7,10H2,(H2,11,14). The van der Waals surface area contributed by atoms with E-state index in [1.165, 1.54) is 0 Å². The zero-order valence-corrected chi connectivity index (χ0v) is 8.54. The molecule has 1 unspecified atom stereocenters. The number of hydrogen-bond acceptors (Lipinski definition) is 3. The van der Waals surface area contributed by atoms with Gasteiger partial charge in [0, 0.05) is 32.2 Å². The van der Waals surface area contributed by atoms with E-state index in [1.807, 2.05) is 0 Å². The van der Waals surface area contributed by atoms with Gasteiger partial charge in [-0.05, 0) is 19.3 Å². The highest BCUT2D eigenvalue weighted by atomic mass is 16.2. The van der Waals surface area contributed by atoms with Crippen molar-refractivity contribution < 1.29 is 4.79 Å². The lowest BCUT2D eigenvalue weighted by molar-refractivity contribution is 0.209. The Labute approximate surface area is 84.8 Å². The minimum Gasteiger partial charge on any atom is -0.351 e. The molecule has 0 aromatic heterocycles. The number of nitrogens with one attached hydrogen (secondary N) is 1. The summed E-state index contributed by atoms with van der Waals surface area (Å²) >= 11 is 0. The van der Waals surface area contributed by atoms with Gasteiger partial charge in [0.2, 0.25) is 0 Å². The first-order valence-electron chi connectivity index (χ1n) is 5.22. The number of rotatable bonds is 3. The van der Waals surface area contributed by atoms with Crippen LogP contribution in [0.3, 0.4) is 0 Å². The minimum atomic E-state index is -0.301. The fourth-order valence-electron chi connectivity index (χ4n) is 1.81. The second kappa shape index (κ2) is 5.82. The number of carbonyl (C=O) groups is 1. The van der Waals surface area contributed by atoms with E-state index in [9.17, 15) is 4.79 Å². The number of likely N-dealkylation sites (tertiary alicyclic amines) is 1. The highest BCUT2D eigenvalue weighted by molar-refractivity contribution is 5.71. The summed E-state index contributed by atoms with van der Waals surface area (Å²) in [5.74, 6) is 0. The number of hydrogen-bond donors (Lipinski definition) is 3. The first kappa shape index (κ1) is 11.3. The Kier molecular flexibility index (Phi) is 4.69. The second-order valence-electron chi connectivity index (χ2n) is 3.70. The lowest BCUT2D eigenvalue weighted by Crippen LogP contribution is -2.38. The van der Waals surface area contributed by atoms with Gasteiger partial charge >= 0.3 is 6.03 Å². The summed E-state index contributed by atoms with van der Waals surface area (Å²) in [6.45, 7) is 3.06. The minimum absolute atomic E-state index is 0.301. The zero-order chi connectivity index (χ0) is 10.4. The predicted octanol–water partition coefficient (Wildman–Crippen LogP) is -0.532. The van der Waals surface area contributed by atoms with E-state index in [1.54, 1.807) is 4.90 Å². The van der Waals surface area contributed by atoms with Crippen LogP contribution in [-0.4, -0.2) is 43.2 Å². The van der Waals surface area contributed by atoms with Gasteiger partial charge in [0.05, 0.1) is 0 Å². The SMILES string of the molecule is NCCNC1CCCN(C(N)=O)CC1. The molecular formula is C9H20N4O. The van der Waals surface area contributed by atoms with Crippen LogP contribution >= 0.6 is 0 Å². The zero-order valence-electron chi connectivity index (χ0n) is 8.54. The van der Waals surface area contributed by atoms with Gasteiger partial charge in [0.1, 0.15) is 0 Å². The Morgan fingerprint density at radius 3 is 2.86 bits per heavy atom. The van der Waals surface area contributed by atoms with Crippen molar-refractivity contribution in [1.29, 1.82) is 0 Å². The van der Waals surface area contributed by atoms with Gasteiger partial charge in [0.25, 0.3) is 0 Å². The predicted molar refractivity (Wildman–Crippen MR) is 55.9 cm³/mol. The van der Waals surface area contributed by atoms with Gasteiger partial charge < -0.3 is 21.7 Å². The highest BCUT2D eigenvalue weighted by Crippen LogP contribution is 2.10. The molecule has 14 heavy (non-hydrogen) atoms. The summed E-state index contributed by atoms with van der Waals surface area (Å²) in [5.41, 5.74) is 10.6. The number of primary amides is 1. The maximum Gasteiger partial charge on any atom is 0.314 e. The summed E-state index contributed by atoms with van der Waals surface area (Å²) in [5, 5.41) is 3.37. The highest BCUT2D eigenvalue weighted by Gasteiger charge is 2.17. The molecule has 1 rings (SSSR count). The summed E-state index contributed by atoms with van der Waals surface area (Å²) in [6.07, 6.45) is 3.10. The van der Waals surface area contributed by atoms with Gasteiger partial charge in [-0.25, -0.2) is 4.79 Å². The average molecular weight is 200 g/mol. The molecule has 0 radical (unpaired) electrons. The largest absolute Gasteiger partial charge is 0.351 e. The Morgan fingerprint density at radius 1 is 1.43 bits per heavy atom. The first-order valence-corrected chi connectivity index (χ1v) is 5.22. The number of nitrogens with zero attached hydrogens (tertiary/aromatic N) is 1. The Balaban J connectivity index is 2.29. The van der Waals surface area contributed by atoms with Crippen molar-refractivity contribution in [3.63, 3.8) is 0 Å². The second-order valence-corrected chi connectivity index (χ2v) is 3.70. The van der Waals surface area contributed by atoms with Gasteiger partial charge in [-0.1, -0.05) is 0 Å². The van der Waals surface area contributed by atoms with Crippen molar-refractivity contribution >= 4 is 6.03 Å². The molecule has 0 saturated carbocycles. The van der Waals surface area contributed by atoms with Crippen molar-refractivity contribution in [2.75, 3.05) is 26.2 Å². The van der Waals surface area contributed by atoms with Crippen molar-refractivity contribution in [3.05, 3.63) is 0 Å². The number of amides is 2. The van der Waals surface area contributed by atoms with Gasteiger partial charge in [-0.2, -0.15) is 0 Å². The molecule has 1 saturated heterocycles. The average Bonchev–Trinajstić information content (AvgIpc) is 2.39. The molecule has 0 spiro atoms. The molecule has 1 heterocycles. The summed E-state index contributed by atoms with van der Waals surface area (Å²) in [4.78, 5) is 12.6. The lowest BCUT2D eigenvalue weighted by Gasteiger charge is -2.18. The van der Waals surface area contributed by atoms with E-state index in [-0.39, 0.29) is 6.03 Å². The van der Waals surface area contributed by atoms with Crippen molar-refractivity contribution in [1.82, 2.24) is 10.2 Å². The molecule has 0 aliphatic carbocycles. The van der Waals surface area contributed by atoms with Crippen molar-refractivity contribution in [2.45, 2.75) is 25.3 Å². The number of urea groups is 1. The fourth-order valence-corrected chi connectivity index (χ4v) is 1.81. The summed E-state index contributed by atoms with van der Waals surface area (Å²) in [6, 6.07) is 0.187. The fraction of sp³-hybridized carbons (Fsp3) is 0.889. The van der Waals surface area contributed by atoms with Crippen molar-refractivity contribution in [2.24, 2.45) is 11.5 Å². The number of carbonyl (C=O) groups excluding carboxylic acids is 1. The molecule has 1 aliphatic heterocycles. The van der Waals surface area contributed by atoms with E-state index in [0.29, 0.717) is 12.6 Å². The molecule has 1 fully saturated rings. The van der Waals surface area contributed by atoms with E-state index in [4.69, 9.17) is 11.5 Å². The third kappa shape index (κ3) is 3.51. The quantitative estimate of drug-likeness (QED) is 0.572. The van der Waals surface area contributed by atoms with E-state index in [2.05, 4.69) is 5.32 Å². The van der Waals surface area contributed by atoms with Crippen LogP contribution in [-0.2, 0) is 0 Å². The topological polar surface area (TPSA) is 84.4 Å². The normalized spacial score (nSPS) is 23.2. The van der Waals surface area contributed by atoms with E-state index >= 15 is 0 Å². The third-order valence-corrected chi connectivity index (χ3v) is 2.62. The molecule has 0 aromatic carbocycles. The van der Waals surface area contributed by atoms with Gasteiger partial charge in [-0.15, -0.1) is 0 Å². The Hall–Kier alpha value is -0.810. The maximum atomic E-state index is 10.9. The third-order valence-electron chi connectivity index (χ3n) is 2.62. The molecule has 1 aliphatic rings. The van der Waals surface area contributed by atoms with Crippen LogP contribution in [0.4, 0.5) is 4.79 Å². The molecule has 2 amide bonds. The smallest absolute Gasteiger partial charge is 0.314 e. The number of nitrogens with two attached hydrogens (primary N) is 2. The van der Waals surface area contributed by atoms with Gasteiger partial charge in [0.15, 0.2) is 0 Å². The van der Waals surface area contributed by atoms with Crippen LogP contribution in [0.25, 0.3) is 0 Å². The molecular weight excluding hydrogens is 180 g/mol. The molecule has 0 bridgehead atoms. The molecule has 1 atom stereocenters. The monoisotopic (exact) mass is 200 g/mol. The van der Waals surface area contributed by atoms with Crippen LogP contribution in [0.1, 0.15) is 19.3 Å². The van der Waals surface area contributed by atoms with Crippen LogP contribution in [0, 0.1) is 0 Å². The first-order chi connectivity index (χ1) is 6.74. The molecule has 5 nitrogen and oxygen atoms in total. The molecule has 82 valence electrons. The van der Waals surface area contributed by atoms with Crippen LogP contribution in [0.5, 0.6) is 0 Å². The Bertz CT molecular complexity index is 186. The van der Waals surface area contributed by atoms with E-state index in [0.717, 1.165) is 38.9 Å². The Morgan fingerprint density at radius 2 is 2.21 bits per heavy atom. The molecule has 0 aromatic rings. The maximum absolute atomic E-state index is 10.9. The van der Waals surface area contributed by atoms with Gasteiger partial charge in [-0.3, -0.25) is 0 Å².